The van der Waals surface area contributed by atoms with Gasteiger partial charge in [0.2, 0.25) is 5.96 Å². The van der Waals surface area contributed by atoms with Gasteiger partial charge in [-0.1, -0.05) is 20.8 Å². The highest BCUT2D eigenvalue weighted by Crippen LogP contribution is 2.16. The minimum absolute atomic E-state index is 0.0163. The Balaban J connectivity index is 2.31. The third kappa shape index (κ3) is 3.93. The van der Waals surface area contributed by atoms with Crippen LogP contribution < -0.4 is 11.2 Å². The molecule has 1 aliphatic rings. The Kier molecular flexibility index (Phi) is 3.34. The molecule has 1 rings (SSSR count). The fourth-order valence-electron chi connectivity index (χ4n) is 1.71. The molecule has 0 aromatic heterocycles. The lowest BCUT2D eigenvalue weighted by Gasteiger charge is -2.26. The van der Waals surface area contributed by atoms with Gasteiger partial charge in [-0.3, -0.25) is 15.7 Å². The van der Waals surface area contributed by atoms with Crippen LogP contribution in [-0.2, 0) is 0 Å². The molecule has 0 amide bonds. The molecule has 14 heavy (non-hydrogen) atoms. The summed E-state index contributed by atoms with van der Waals surface area (Å²) in [5, 5.41) is 9.08. The zero-order valence-corrected chi connectivity index (χ0v) is 9.30. The van der Waals surface area contributed by atoms with E-state index in [0.717, 1.165) is 26.3 Å². The molecule has 0 unspecified atom stereocenters. The first kappa shape index (κ1) is 11.3. The van der Waals surface area contributed by atoms with Crippen molar-refractivity contribution in [2.24, 2.45) is 11.1 Å². The Labute approximate surface area is 85.7 Å². The van der Waals surface area contributed by atoms with E-state index in [0.29, 0.717) is 5.41 Å². The minimum Gasteiger partial charge on any atom is -0.369 e. The molecule has 5 nitrogen and oxygen atoms in total. The Hall–Kier alpha value is -0.810. The van der Waals surface area contributed by atoms with Gasteiger partial charge in [-0.05, 0) is 5.41 Å². The summed E-state index contributed by atoms with van der Waals surface area (Å²) in [6.45, 7) is 10.6. The molecule has 0 saturated carbocycles. The summed E-state index contributed by atoms with van der Waals surface area (Å²) in [4.78, 5) is 2.36. The van der Waals surface area contributed by atoms with Crippen molar-refractivity contribution >= 4 is 5.96 Å². The normalized spacial score (nSPS) is 19.9. The monoisotopic (exact) mass is 199 g/mol. The summed E-state index contributed by atoms with van der Waals surface area (Å²) in [6, 6.07) is 0. The molecule has 0 radical (unpaired) electrons. The van der Waals surface area contributed by atoms with E-state index in [2.05, 4.69) is 31.1 Å². The van der Waals surface area contributed by atoms with E-state index in [1.54, 1.807) is 0 Å². The van der Waals surface area contributed by atoms with Gasteiger partial charge < -0.3 is 5.73 Å². The van der Waals surface area contributed by atoms with Crippen molar-refractivity contribution in [2.75, 3.05) is 26.3 Å². The minimum atomic E-state index is 0.0163. The zero-order chi connectivity index (χ0) is 10.8. The van der Waals surface area contributed by atoms with Gasteiger partial charge in [0.05, 0.1) is 6.67 Å². The average molecular weight is 199 g/mol. The van der Waals surface area contributed by atoms with Crippen molar-refractivity contribution in [1.29, 1.82) is 5.41 Å². The van der Waals surface area contributed by atoms with Crippen LogP contribution in [0, 0.1) is 10.8 Å². The van der Waals surface area contributed by atoms with E-state index in [9.17, 15) is 0 Å². The fraction of sp³-hybridized carbons (Fsp3) is 0.889. The van der Waals surface area contributed by atoms with E-state index in [-0.39, 0.29) is 5.96 Å². The number of nitrogens with one attached hydrogen (secondary N) is 2. The van der Waals surface area contributed by atoms with Crippen molar-refractivity contribution in [3.63, 3.8) is 0 Å². The van der Waals surface area contributed by atoms with Crippen LogP contribution in [0.2, 0.25) is 0 Å². The summed E-state index contributed by atoms with van der Waals surface area (Å²) >= 11 is 0. The molecule has 0 spiro atoms. The average Bonchev–Trinajstić information content (AvgIpc) is 2.30. The van der Waals surface area contributed by atoms with Crippen LogP contribution in [0.15, 0.2) is 0 Å². The maximum absolute atomic E-state index is 7.11. The summed E-state index contributed by atoms with van der Waals surface area (Å²) in [7, 11) is 0. The summed E-state index contributed by atoms with van der Waals surface area (Å²) < 4.78 is 0. The second kappa shape index (κ2) is 4.14. The smallest absolute Gasteiger partial charge is 0.200 e. The Bertz CT molecular complexity index is 208. The van der Waals surface area contributed by atoms with Gasteiger partial charge in [-0.15, -0.1) is 0 Å². The highest BCUT2D eigenvalue weighted by atomic mass is 15.6. The van der Waals surface area contributed by atoms with Crippen LogP contribution in [0.5, 0.6) is 0 Å². The van der Waals surface area contributed by atoms with Crippen molar-refractivity contribution in [3.8, 4) is 0 Å². The number of hydrogen-bond acceptors (Lipinski definition) is 3. The quantitative estimate of drug-likeness (QED) is 0.433. The van der Waals surface area contributed by atoms with Gasteiger partial charge in [0.15, 0.2) is 0 Å². The highest BCUT2D eigenvalue weighted by Gasteiger charge is 2.23. The van der Waals surface area contributed by atoms with E-state index in [4.69, 9.17) is 11.1 Å². The SMILES string of the molecule is CC(C)(C)CN1CCN(NC(=N)N)C1. The van der Waals surface area contributed by atoms with Crippen molar-refractivity contribution in [2.45, 2.75) is 20.8 Å². The Morgan fingerprint density at radius 2 is 2.07 bits per heavy atom. The third-order valence-electron chi connectivity index (χ3n) is 2.03. The standard InChI is InChI=1S/C9H21N5/c1-9(2,3)6-13-4-5-14(7-13)12-8(10)11/h4-7H2,1-3H3,(H4,10,11,12). The van der Waals surface area contributed by atoms with E-state index < -0.39 is 0 Å². The van der Waals surface area contributed by atoms with E-state index >= 15 is 0 Å². The second-order valence-electron chi connectivity index (χ2n) is 5.04. The van der Waals surface area contributed by atoms with Crippen LogP contribution >= 0.6 is 0 Å². The Morgan fingerprint density at radius 1 is 1.43 bits per heavy atom. The first-order valence-electron chi connectivity index (χ1n) is 4.95. The predicted octanol–water partition coefficient (Wildman–Crippen LogP) is 0.00567. The lowest BCUT2D eigenvalue weighted by molar-refractivity contribution is 0.175. The highest BCUT2D eigenvalue weighted by molar-refractivity contribution is 5.73. The van der Waals surface area contributed by atoms with Crippen molar-refractivity contribution < 1.29 is 0 Å². The molecule has 1 fully saturated rings. The first-order chi connectivity index (χ1) is 6.37. The van der Waals surface area contributed by atoms with Gasteiger partial charge in [-0.2, -0.15) is 0 Å². The van der Waals surface area contributed by atoms with Gasteiger partial charge in [-0.25, -0.2) is 5.01 Å². The maximum atomic E-state index is 7.11. The molecule has 1 aliphatic heterocycles. The topological polar surface area (TPSA) is 68.4 Å². The number of guanidine groups is 1. The summed E-state index contributed by atoms with van der Waals surface area (Å²) in [5.41, 5.74) is 8.39. The molecule has 1 saturated heterocycles. The van der Waals surface area contributed by atoms with Crippen LogP contribution in [-0.4, -0.2) is 42.2 Å². The lowest BCUT2D eigenvalue weighted by Crippen LogP contribution is -2.45. The number of hydrazine groups is 1. The predicted molar refractivity (Wildman–Crippen MR) is 57.7 cm³/mol. The molecular formula is C9H21N5. The van der Waals surface area contributed by atoms with E-state index in [1.165, 1.54) is 0 Å². The molecule has 0 bridgehead atoms. The van der Waals surface area contributed by atoms with Gasteiger partial charge >= 0.3 is 0 Å². The second-order valence-corrected chi connectivity index (χ2v) is 5.04. The number of rotatable bonds is 2. The van der Waals surface area contributed by atoms with Gasteiger partial charge in [0.1, 0.15) is 0 Å². The third-order valence-corrected chi connectivity index (χ3v) is 2.03. The van der Waals surface area contributed by atoms with Gasteiger partial charge in [0.25, 0.3) is 0 Å². The molecule has 0 aromatic rings. The fourth-order valence-corrected chi connectivity index (χ4v) is 1.71. The molecule has 0 atom stereocenters. The molecule has 4 N–H and O–H groups in total. The van der Waals surface area contributed by atoms with Crippen LogP contribution in [0.4, 0.5) is 0 Å². The van der Waals surface area contributed by atoms with Crippen molar-refractivity contribution in [3.05, 3.63) is 0 Å². The largest absolute Gasteiger partial charge is 0.369 e. The molecular weight excluding hydrogens is 178 g/mol. The molecule has 0 aromatic carbocycles. The number of nitrogens with two attached hydrogens (primary N) is 1. The molecule has 5 heteroatoms. The molecule has 1 heterocycles. The van der Waals surface area contributed by atoms with Crippen molar-refractivity contribution in [1.82, 2.24) is 15.3 Å². The zero-order valence-electron chi connectivity index (χ0n) is 9.30. The summed E-state index contributed by atoms with van der Waals surface area (Å²) in [6.07, 6.45) is 0. The van der Waals surface area contributed by atoms with Gasteiger partial charge in [0, 0.05) is 19.6 Å². The first-order valence-corrected chi connectivity index (χ1v) is 4.95. The maximum Gasteiger partial charge on any atom is 0.200 e. The summed E-state index contributed by atoms with van der Waals surface area (Å²) in [5.74, 6) is 0.0163. The van der Waals surface area contributed by atoms with Crippen LogP contribution in [0.25, 0.3) is 0 Å². The van der Waals surface area contributed by atoms with Crippen LogP contribution in [0.3, 0.4) is 0 Å². The molecule has 0 aliphatic carbocycles. The lowest BCUT2D eigenvalue weighted by atomic mass is 9.96. The van der Waals surface area contributed by atoms with E-state index in [1.807, 2.05) is 5.01 Å². The van der Waals surface area contributed by atoms with Crippen LogP contribution in [0.1, 0.15) is 20.8 Å². The Morgan fingerprint density at radius 3 is 2.57 bits per heavy atom. The number of hydrogen-bond donors (Lipinski definition) is 3. The number of nitrogens with zero attached hydrogens (tertiary/aromatic N) is 2. The molecule has 82 valence electrons.